The predicted molar refractivity (Wildman–Crippen MR) is 136 cm³/mol. The van der Waals surface area contributed by atoms with Gasteiger partial charge in [0.25, 0.3) is 0 Å². The molecule has 0 atom stereocenters. The maximum absolute atomic E-state index is 12.0. The van der Waals surface area contributed by atoms with E-state index in [-0.39, 0.29) is 29.9 Å². The van der Waals surface area contributed by atoms with Crippen LogP contribution in [0.4, 0.5) is 5.69 Å². The summed E-state index contributed by atoms with van der Waals surface area (Å²) in [6, 6.07) is 7.95. The van der Waals surface area contributed by atoms with Crippen molar-refractivity contribution >= 4 is 41.5 Å². The lowest BCUT2D eigenvalue weighted by atomic mass is 9.83. The molecule has 0 unspecified atom stereocenters. The molecule has 1 aromatic rings. The minimum absolute atomic E-state index is 0. The zero-order valence-corrected chi connectivity index (χ0v) is 21.3. The molecule has 0 spiro atoms. The number of guanidine groups is 1. The summed E-state index contributed by atoms with van der Waals surface area (Å²) >= 11 is 0. The first-order valence-electron chi connectivity index (χ1n) is 10.8. The van der Waals surface area contributed by atoms with Gasteiger partial charge in [-0.15, -0.1) is 24.0 Å². The van der Waals surface area contributed by atoms with E-state index in [2.05, 4.69) is 27.0 Å². The summed E-state index contributed by atoms with van der Waals surface area (Å²) in [5.74, 6) is 1.21. The number of hydrogen-bond acceptors (Lipinski definition) is 3. The Labute approximate surface area is 199 Å². The van der Waals surface area contributed by atoms with Crippen LogP contribution in [0, 0.1) is 11.3 Å². The molecule has 0 aromatic heterocycles. The van der Waals surface area contributed by atoms with Crippen molar-refractivity contribution in [2.75, 3.05) is 32.6 Å². The Bertz CT molecular complexity index is 673. The van der Waals surface area contributed by atoms with Gasteiger partial charge in [0.1, 0.15) is 0 Å². The van der Waals surface area contributed by atoms with E-state index in [0.29, 0.717) is 24.3 Å². The first-order chi connectivity index (χ1) is 14.0. The van der Waals surface area contributed by atoms with Crippen LogP contribution < -0.4 is 16.0 Å². The van der Waals surface area contributed by atoms with Crippen LogP contribution in [0.25, 0.3) is 0 Å². The van der Waals surface area contributed by atoms with E-state index in [0.717, 1.165) is 36.8 Å². The Morgan fingerprint density at radius 2 is 1.97 bits per heavy atom. The number of nitrogens with one attached hydrogen (secondary N) is 3. The third-order valence-electron chi connectivity index (χ3n) is 5.62. The van der Waals surface area contributed by atoms with E-state index in [9.17, 15) is 4.79 Å². The quantitative estimate of drug-likeness (QED) is 0.236. The third-order valence-corrected chi connectivity index (χ3v) is 5.62. The van der Waals surface area contributed by atoms with Crippen LogP contribution in [0.5, 0.6) is 0 Å². The van der Waals surface area contributed by atoms with Crippen LogP contribution in [0.3, 0.4) is 0 Å². The van der Waals surface area contributed by atoms with E-state index in [1.807, 2.05) is 32.0 Å². The molecule has 7 heteroatoms. The molecule has 0 saturated heterocycles. The molecule has 3 N–H and O–H groups in total. The number of halogens is 1. The van der Waals surface area contributed by atoms with Gasteiger partial charge in [-0.2, -0.15) is 0 Å². The fraction of sp³-hybridized carbons (Fsp3) is 0.652. The van der Waals surface area contributed by atoms with Crippen molar-refractivity contribution in [1.82, 2.24) is 10.6 Å². The van der Waals surface area contributed by atoms with Gasteiger partial charge in [-0.05, 0) is 48.3 Å². The molecule has 0 bridgehead atoms. The highest BCUT2D eigenvalue weighted by atomic mass is 127. The summed E-state index contributed by atoms with van der Waals surface area (Å²) in [5.41, 5.74) is 2.25. The number of ether oxygens (including phenoxy) is 1. The average molecular weight is 530 g/mol. The topological polar surface area (TPSA) is 74.8 Å². The molecular formula is C23H39IN4O2. The minimum Gasteiger partial charge on any atom is -0.385 e. The maximum Gasteiger partial charge on any atom is 0.224 e. The summed E-state index contributed by atoms with van der Waals surface area (Å²) in [5, 5.41) is 9.88. The molecule has 2 rings (SSSR count). The summed E-state index contributed by atoms with van der Waals surface area (Å²) in [6.45, 7) is 6.47. The van der Waals surface area contributed by atoms with Gasteiger partial charge in [-0.1, -0.05) is 38.8 Å². The second-order valence-electron chi connectivity index (χ2n) is 8.58. The van der Waals surface area contributed by atoms with Crippen molar-refractivity contribution in [3.05, 3.63) is 29.8 Å². The van der Waals surface area contributed by atoms with Crippen LogP contribution >= 0.6 is 24.0 Å². The Morgan fingerprint density at radius 3 is 2.60 bits per heavy atom. The standard InChI is InChI=1S/C23H38N4O2.HI/c1-18(2)14-21(28)27-20-9-7-8-19(15-20)16-25-22(24-3)26-17-23(12-13-29-4)10-5-6-11-23;/h7-9,15,18H,5-6,10-14,16-17H2,1-4H3,(H,27,28)(H2,24,25,26);1H. The maximum atomic E-state index is 12.0. The van der Waals surface area contributed by atoms with Crippen molar-refractivity contribution in [3.8, 4) is 0 Å². The molecule has 1 saturated carbocycles. The Kier molecular flexibility index (Phi) is 12.3. The number of aliphatic imine (C=N–C) groups is 1. The van der Waals surface area contributed by atoms with Gasteiger partial charge in [-0.3, -0.25) is 9.79 Å². The number of nitrogens with zero attached hydrogens (tertiary/aromatic N) is 1. The lowest BCUT2D eigenvalue weighted by Crippen LogP contribution is -2.43. The van der Waals surface area contributed by atoms with Crippen LogP contribution in [0.2, 0.25) is 0 Å². The van der Waals surface area contributed by atoms with Crippen molar-refractivity contribution < 1.29 is 9.53 Å². The Morgan fingerprint density at radius 1 is 1.23 bits per heavy atom. The first kappa shape index (κ1) is 26.7. The summed E-state index contributed by atoms with van der Waals surface area (Å²) in [7, 11) is 3.57. The number of amides is 1. The number of hydrogen-bond donors (Lipinski definition) is 3. The summed E-state index contributed by atoms with van der Waals surface area (Å²) < 4.78 is 5.32. The number of benzene rings is 1. The van der Waals surface area contributed by atoms with Crippen LogP contribution in [-0.4, -0.2) is 39.2 Å². The van der Waals surface area contributed by atoms with Crippen molar-refractivity contribution in [1.29, 1.82) is 0 Å². The number of carbonyl (C=O) groups excluding carboxylic acids is 1. The zero-order chi connectivity index (χ0) is 21.1. The van der Waals surface area contributed by atoms with E-state index in [1.165, 1.54) is 25.7 Å². The lowest BCUT2D eigenvalue weighted by molar-refractivity contribution is -0.116. The molecule has 1 amide bonds. The highest BCUT2D eigenvalue weighted by Crippen LogP contribution is 2.40. The molecule has 30 heavy (non-hydrogen) atoms. The molecule has 1 fully saturated rings. The van der Waals surface area contributed by atoms with Gasteiger partial charge in [-0.25, -0.2) is 0 Å². The molecule has 1 aliphatic rings. The van der Waals surface area contributed by atoms with Crippen LogP contribution in [0.15, 0.2) is 29.3 Å². The fourth-order valence-electron chi connectivity index (χ4n) is 3.98. The second-order valence-corrected chi connectivity index (χ2v) is 8.58. The van der Waals surface area contributed by atoms with Gasteiger partial charge in [0.2, 0.25) is 5.91 Å². The molecule has 1 aliphatic carbocycles. The number of methoxy groups -OCH3 is 1. The van der Waals surface area contributed by atoms with E-state index in [1.54, 1.807) is 14.2 Å². The first-order valence-corrected chi connectivity index (χ1v) is 10.8. The van der Waals surface area contributed by atoms with Gasteiger partial charge in [0.15, 0.2) is 5.96 Å². The molecule has 0 aliphatic heterocycles. The van der Waals surface area contributed by atoms with Crippen molar-refractivity contribution in [2.45, 2.75) is 58.9 Å². The van der Waals surface area contributed by atoms with Gasteiger partial charge >= 0.3 is 0 Å². The monoisotopic (exact) mass is 530 g/mol. The van der Waals surface area contributed by atoms with Gasteiger partial charge in [0, 0.05) is 46.0 Å². The van der Waals surface area contributed by atoms with Crippen LogP contribution in [-0.2, 0) is 16.1 Å². The van der Waals surface area contributed by atoms with E-state index >= 15 is 0 Å². The molecule has 6 nitrogen and oxygen atoms in total. The number of carbonyl (C=O) groups is 1. The summed E-state index contributed by atoms with van der Waals surface area (Å²) in [4.78, 5) is 16.4. The van der Waals surface area contributed by atoms with Crippen LogP contribution in [0.1, 0.15) is 57.9 Å². The Hall–Kier alpha value is -1.35. The number of anilines is 1. The number of rotatable bonds is 10. The normalized spacial score (nSPS) is 15.6. The van der Waals surface area contributed by atoms with E-state index in [4.69, 9.17) is 4.74 Å². The second kappa shape index (κ2) is 13.9. The lowest BCUT2D eigenvalue weighted by Gasteiger charge is -2.30. The molecule has 1 aromatic carbocycles. The van der Waals surface area contributed by atoms with Crippen molar-refractivity contribution in [3.63, 3.8) is 0 Å². The third kappa shape index (κ3) is 9.20. The molecule has 170 valence electrons. The summed E-state index contributed by atoms with van der Waals surface area (Å²) in [6.07, 6.45) is 6.71. The average Bonchev–Trinajstić information content (AvgIpc) is 3.15. The van der Waals surface area contributed by atoms with E-state index < -0.39 is 0 Å². The highest BCUT2D eigenvalue weighted by Gasteiger charge is 2.33. The minimum atomic E-state index is 0. The molecule has 0 heterocycles. The fourth-order valence-corrected chi connectivity index (χ4v) is 3.98. The largest absolute Gasteiger partial charge is 0.385 e. The van der Waals surface area contributed by atoms with Gasteiger partial charge in [0.05, 0.1) is 0 Å². The smallest absolute Gasteiger partial charge is 0.224 e. The SMILES string of the molecule is CN=C(NCc1cccc(NC(=O)CC(C)C)c1)NCC1(CCOC)CCCC1.I. The highest BCUT2D eigenvalue weighted by molar-refractivity contribution is 14.0. The zero-order valence-electron chi connectivity index (χ0n) is 18.9. The molecule has 0 radical (unpaired) electrons. The predicted octanol–water partition coefficient (Wildman–Crippen LogP) is 4.55. The molecular weight excluding hydrogens is 491 g/mol. The van der Waals surface area contributed by atoms with Gasteiger partial charge < -0.3 is 20.7 Å². The Balaban J connectivity index is 0.00000450. The van der Waals surface area contributed by atoms with Crippen molar-refractivity contribution in [2.24, 2.45) is 16.3 Å².